The first kappa shape index (κ1) is 16.5. The molecule has 1 aromatic carbocycles. The average molecular weight is 348 g/mol. The minimum absolute atomic E-state index is 0.0592. The van der Waals surface area contributed by atoms with E-state index in [0.29, 0.717) is 12.1 Å². The van der Waals surface area contributed by atoms with Gasteiger partial charge in [0.25, 0.3) is 5.91 Å². The molecule has 3 aromatic rings. The maximum absolute atomic E-state index is 13.5. The normalized spacial score (nSPS) is 16.5. The summed E-state index contributed by atoms with van der Waals surface area (Å²) in [5.41, 5.74) is 2.18. The van der Waals surface area contributed by atoms with Gasteiger partial charge >= 0.3 is 0 Å². The van der Waals surface area contributed by atoms with Crippen LogP contribution in [0.1, 0.15) is 23.2 Å². The molecule has 0 radical (unpaired) electrons. The number of hydrogen-bond donors (Lipinski definition) is 0. The summed E-state index contributed by atoms with van der Waals surface area (Å²) in [5.74, 6) is -0.0715. The molecule has 4 rings (SSSR count). The molecule has 1 fully saturated rings. The van der Waals surface area contributed by atoms with Crippen LogP contribution >= 0.6 is 0 Å². The second kappa shape index (κ2) is 7.49. The highest BCUT2D eigenvalue weighted by molar-refractivity contribution is 6.08. The number of aromatic nitrogens is 3. The number of carbonyl (C=O) groups is 1. The number of nitrogens with zero attached hydrogens (tertiary/aromatic N) is 4. The number of rotatable bonds is 5. The van der Waals surface area contributed by atoms with Gasteiger partial charge in [0.1, 0.15) is 0 Å². The topological polar surface area (TPSA) is 60.2 Å². The minimum atomic E-state index is -0.0715. The summed E-state index contributed by atoms with van der Waals surface area (Å²) in [5, 5.41) is 4.28. The van der Waals surface area contributed by atoms with Crippen LogP contribution in [0.15, 0.2) is 67.3 Å². The van der Waals surface area contributed by atoms with Crippen LogP contribution in [0.2, 0.25) is 0 Å². The molecule has 1 amide bonds. The van der Waals surface area contributed by atoms with Crippen molar-refractivity contribution < 1.29 is 9.53 Å². The molecule has 1 atom stereocenters. The monoisotopic (exact) mass is 348 g/mol. The molecule has 1 saturated heterocycles. The van der Waals surface area contributed by atoms with E-state index in [1.165, 1.54) is 0 Å². The van der Waals surface area contributed by atoms with Crippen LogP contribution in [0, 0.1) is 0 Å². The third kappa shape index (κ3) is 3.36. The molecule has 0 bridgehead atoms. The Morgan fingerprint density at radius 2 is 2.00 bits per heavy atom. The number of para-hydroxylation sites is 1. The fourth-order valence-corrected chi connectivity index (χ4v) is 3.23. The van der Waals surface area contributed by atoms with E-state index in [2.05, 4.69) is 10.1 Å². The molecule has 1 aliphatic rings. The van der Waals surface area contributed by atoms with E-state index < -0.39 is 0 Å². The molecule has 26 heavy (non-hydrogen) atoms. The zero-order valence-corrected chi connectivity index (χ0v) is 14.4. The van der Waals surface area contributed by atoms with Crippen molar-refractivity contribution in [1.29, 1.82) is 0 Å². The summed E-state index contributed by atoms with van der Waals surface area (Å²) in [6.45, 7) is 1.28. The van der Waals surface area contributed by atoms with E-state index in [0.717, 1.165) is 30.8 Å². The van der Waals surface area contributed by atoms with Crippen molar-refractivity contribution in [2.75, 3.05) is 18.1 Å². The Morgan fingerprint density at radius 1 is 1.15 bits per heavy atom. The van der Waals surface area contributed by atoms with E-state index in [1.807, 2.05) is 48.7 Å². The highest BCUT2D eigenvalue weighted by atomic mass is 16.5. The number of amides is 1. The highest BCUT2D eigenvalue weighted by Crippen LogP contribution is 2.23. The van der Waals surface area contributed by atoms with Gasteiger partial charge in [0.05, 0.1) is 23.9 Å². The Kier molecular flexibility index (Phi) is 4.75. The predicted molar refractivity (Wildman–Crippen MR) is 98.5 cm³/mol. The molecule has 0 spiro atoms. The molecule has 3 heterocycles. The smallest absolute Gasteiger partial charge is 0.260 e. The number of ether oxygens (including phenoxy) is 1. The van der Waals surface area contributed by atoms with Gasteiger partial charge in [-0.3, -0.25) is 9.78 Å². The zero-order valence-electron chi connectivity index (χ0n) is 14.4. The van der Waals surface area contributed by atoms with Crippen LogP contribution in [0.4, 0.5) is 5.69 Å². The number of benzene rings is 1. The number of carbonyl (C=O) groups excluding carboxylic acids is 1. The van der Waals surface area contributed by atoms with Gasteiger partial charge in [-0.05, 0) is 43.2 Å². The van der Waals surface area contributed by atoms with Gasteiger partial charge in [-0.15, -0.1) is 0 Å². The summed E-state index contributed by atoms with van der Waals surface area (Å²) in [6, 6.07) is 13.1. The Hall–Kier alpha value is -2.99. The van der Waals surface area contributed by atoms with Gasteiger partial charge in [0.15, 0.2) is 0 Å². The Morgan fingerprint density at radius 3 is 2.73 bits per heavy atom. The zero-order chi connectivity index (χ0) is 17.8. The maximum atomic E-state index is 13.5. The molecule has 6 heteroatoms. The summed E-state index contributed by atoms with van der Waals surface area (Å²) < 4.78 is 7.48. The third-order valence-corrected chi connectivity index (χ3v) is 4.52. The predicted octanol–water partition coefficient (Wildman–Crippen LogP) is 3.09. The van der Waals surface area contributed by atoms with Crippen LogP contribution < -0.4 is 4.90 Å². The molecule has 0 aliphatic carbocycles. The largest absolute Gasteiger partial charge is 0.376 e. The molecule has 132 valence electrons. The maximum Gasteiger partial charge on any atom is 0.260 e. The van der Waals surface area contributed by atoms with Crippen molar-refractivity contribution in [3.05, 3.63) is 72.8 Å². The molecular weight excluding hydrogens is 328 g/mol. The fourth-order valence-electron chi connectivity index (χ4n) is 3.23. The van der Waals surface area contributed by atoms with E-state index in [9.17, 15) is 4.79 Å². The summed E-state index contributed by atoms with van der Waals surface area (Å²) in [4.78, 5) is 19.3. The van der Waals surface area contributed by atoms with E-state index >= 15 is 0 Å². The van der Waals surface area contributed by atoms with Crippen LogP contribution in [-0.2, 0) is 4.74 Å². The van der Waals surface area contributed by atoms with Crippen molar-refractivity contribution in [3.63, 3.8) is 0 Å². The molecular formula is C20H20N4O2. The van der Waals surface area contributed by atoms with Gasteiger partial charge in [-0.25, -0.2) is 4.68 Å². The van der Waals surface area contributed by atoms with Crippen LogP contribution in [0.3, 0.4) is 0 Å². The van der Waals surface area contributed by atoms with Gasteiger partial charge in [-0.2, -0.15) is 5.10 Å². The van der Waals surface area contributed by atoms with Crippen molar-refractivity contribution in [1.82, 2.24) is 14.8 Å². The van der Waals surface area contributed by atoms with Gasteiger partial charge in [-0.1, -0.05) is 12.1 Å². The third-order valence-electron chi connectivity index (χ3n) is 4.52. The number of anilines is 1. The molecule has 0 unspecified atom stereocenters. The standard InChI is InChI=1S/C20H20N4O2/c25-20(18-6-1-2-7-19(18)24-13-4-10-22-24)23(15-17-5-3-14-26-17)16-8-11-21-12-9-16/h1-2,4,6-13,17H,3,5,14-15H2/t17-/m0/s1. The molecule has 6 nitrogen and oxygen atoms in total. The Balaban J connectivity index is 1.71. The second-order valence-electron chi connectivity index (χ2n) is 6.22. The lowest BCUT2D eigenvalue weighted by Gasteiger charge is -2.26. The minimum Gasteiger partial charge on any atom is -0.376 e. The Labute approximate surface area is 152 Å². The van der Waals surface area contributed by atoms with Crippen molar-refractivity contribution >= 4 is 11.6 Å². The van der Waals surface area contributed by atoms with Crippen LogP contribution in [0.5, 0.6) is 0 Å². The lowest BCUT2D eigenvalue weighted by atomic mass is 10.1. The van der Waals surface area contributed by atoms with Gasteiger partial charge < -0.3 is 9.64 Å². The number of hydrogen-bond acceptors (Lipinski definition) is 4. The van der Waals surface area contributed by atoms with E-state index in [1.54, 1.807) is 28.2 Å². The first-order valence-corrected chi connectivity index (χ1v) is 8.75. The lowest BCUT2D eigenvalue weighted by Crippen LogP contribution is -2.38. The van der Waals surface area contributed by atoms with Gasteiger partial charge in [0, 0.05) is 37.1 Å². The summed E-state index contributed by atoms with van der Waals surface area (Å²) >= 11 is 0. The van der Waals surface area contributed by atoms with Crippen molar-refractivity contribution in [2.45, 2.75) is 18.9 Å². The van der Waals surface area contributed by atoms with E-state index in [4.69, 9.17) is 4.74 Å². The first-order valence-electron chi connectivity index (χ1n) is 8.75. The van der Waals surface area contributed by atoms with E-state index in [-0.39, 0.29) is 12.0 Å². The van der Waals surface area contributed by atoms with Gasteiger partial charge in [0.2, 0.25) is 0 Å². The highest BCUT2D eigenvalue weighted by Gasteiger charge is 2.26. The fraction of sp³-hybridized carbons (Fsp3) is 0.250. The molecule has 0 saturated carbocycles. The summed E-state index contributed by atoms with van der Waals surface area (Å²) in [6.07, 6.45) is 9.00. The van der Waals surface area contributed by atoms with Crippen molar-refractivity contribution in [3.8, 4) is 5.69 Å². The quantitative estimate of drug-likeness (QED) is 0.711. The lowest BCUT2D eigenvalue weighted by molar-refractivity contribution is 0.0917. The first-order chi connectivity index (χ1) is 12.8. The van der Waals surface area contributed by atoms with Crippen LogP contribution in [0.25, 0.3) is 5.69 Å². The average Bonchev–Trinajstić information content (AvgIpc) is 3.40. The SMILES string of the molecule is O=C(c1ccccc1-n1cccn1)N(C[C@@H]1CCCO1)c1ccncc1. The second-order valence-corrected chi connectivity index (χ2v) is 6.22. The number of pyridine rings is 1. The van der Waals surface area contributed by atoms with Crippen molar-refractivity contribution in [2.24, 2.45) is 0 Å². The molecule has 1 aliphatic heterocycles. The summed E-state index contributed by atoms with van der Waals surface area (Å²) in [7, 11) is 0. The molecule has 2 aromatic heterocycles. The van der Waals surface area contributed by atoms with Crippen LogP contribution in [-0.4, -0.2) is 39.9 Å². The Bertz CT molecular complexity index is 859. The molecule has 0 N–H and O–H groups in total.